The van der Waals surface area contributed by atoms with Crippen molar-refractivity contribution in [1.82, 2.24) is 5.32 Å². The minimum absolute atomic E-state index is 0.0901. The third-order valence-electron chi connectivity index (χ3n) is 4.27. The molecule has 5 heteroatoms. The average Bonchev–Trinajstić information content (AvgIpc) is 2.27. The fourth-order valence-corrected chi connectivity index (χ4v) is 2.77. The summed E-state index contributed by atoms with van der Waals surface area (Å²) in [6.45, 7) is 3.51. The number of rotatable bonds is 4. The Kier molecular flexibility index (Phi) is 4.22. The monoisotopic (exact) mass is 255 g/mol. The Morgan fingerprint density at radius 1 is 1.17 bits per heavy atom. The first-order valence-electron chi connectivity index (χ1n) is 6.70. The number of carboxylic acids is 1. The second kappa shape index (κ2) is 5.69. The van der Waals surface area contributed by atoms with Crippen LogP contribution in [0.3, 0.4) is 0 Å². The lowest BCUT2D eigenvalue weighted by Crippen LogP contribution is -2.48. The van der Waals surface area contributed by atoms with Gasteiger partial charge in [-0.3, -0.25) is 9.59 Å². The van der Waals surface area contributed by atoms with Gasteiger partial charge in [-0.15, -0.1) is 0 Å². The molecular formula is C13H21NO4. The van der Waals surface area contributed by atoms with Gasteiger partial charge >= 0.3 is 5.97 Å². The van der Waals surface area contributed by atoms with E-state index in [4.69, 9.17) is 9.84 Å². The van der Waals surface area contributed by atoms with Crippen molar-refractivity contribution in [3.8, 4) is 0 Å². The van der Waals surface area contributed by atoms with Crippen molar-refractivity contribution >= 4 is 11.9 Å². The van der Waals surface area contributed by atoms with Crippen LogP contribution in [-0.4, -0.2) is 36.2 Å². The van der Waals surface area contributed by atoms with Crippen LogP contribution in [0.1, 0.15) is 32.6 Å². The maximum absolute atomic E-state index is 12.0. The molecule has 0 bridgehead atoms. The molecule has 1 amide bonds. The molecule has 102 valence electrons. The van der Waals surface area contributed by atoms with Gasteiger partial charge in [-0.05, 0) is 38.5 Å². The van der Waals surface area contributed by atoms with Crippen LogP contribution in [0.25, 0.3) is 0 Å². The van der Waals surface area contributed by atoms with E-state index < -0.39 is 11.9 Å². The summed E-state index contributed by atoms with van der Waals surface area (Å²) in [6, 6.07) is 0.108. The van der Waals surface area contributed by atoms with E-state index in [0.29, 0.717) is 18.8 Å². The Bertz CT molecular complexity index is 325. The number of carboxylic acid groups (broad SMARTS) is 1. The molecular weight excluding hydrogens is 234 g/mol. The summed E-state index contributed by atoms with van der Waals surface area (Å²) >= 11 is 0. The largest absolute Gasteiger partial charge is 0.481 e. The number of carbonyl (C=O) groups is 2. The van der Waals surface area contributed by atoms with Crippen LogP contribution in [-0.2, 0) is 14.3 Å². The van der Waals surface area contributed by atoms with E-state index in [0.717, 1.165) is 26.1 Å². The van der Waals surface area contributed by atoms with Crippen molar-refractivity contribution in [2.45, 2.75) is 38.6 Å². The molecule has 18 heavy (non-hydrogen) atoms. The number of ether oxygens (including phenoxy) is 1. The highest BCUT2D eigenvalue weighted by Crippen LogP contribution is 2.34. The molecule has 1 heterocycles. The number of amides is 1. The normalized spacial score (nSPS) is 30.3. The van der Waals surface area contributed by atoms with Crippen LogP contribution in [0.5, 0.6) is 0 Å². The highest BCUT2D eigenvalue weighted by Gasteiger charge is 2.41. The first-order valence-corrected chi connectivity index (χ1v) is 6.70. The fraction of sp³-hybridized carbons (Fsp3) is 0.846. The zero-order valence-electron chi connectivity index (χ0n) is 10.7. The molecule has 2 N–H and O–H groups in total. The van der Waals surface area contributed by atoms with Crippen LogP contribution in [0.4, 0.5) is 0 Å². The Labute approximate surface area is 107 Å². The van der Waals surface area contributed by atoms with Gasteiger partial charge < -0.3 is 15.2 Å². The van der Waals surface area contributed by atoms with Crippen molar-refractivity contribution in [2.24, 2.45) is 17.8 Å². The fourth-order valence-electron chi connectivity index (χ4n) is 2.77. The lowest BCUT2D eigenvalue weighted by molar-refractivity contribution is -0.153. The molecule has 0 aromatic rings. The van der Waals surface area contributed by atoms with Crippen LogP contribution < -0.4 is 5.32 Å². The number of carbonyl (C=O) groups excluding carboxylic acids is 1. The van der Waals surface area contributed by atoms with Crippen LogP contribution in [0.2, 0.25) is 0 Å². The molecule has 5 nitrogen and oxygen atoms in total. The highest BCUT2D eigenvalue weighted by molar-refractivity contribution is 5.86. The quantitative estimate of drug-likeness (QED) is 0.786. The topological polar surface area (TPSA) is 75.6 Å². The van der Waals surface area contributed by atoms with E-state index in [1.54, 1.807) is 0 Å². The Morgan fingerprint density at radius 2 is 1.78 bits per heavy atom. The van der Waals surface area contributed by atoms with Crippen molar-refractivity contribution in [3.63, 3.8) is 0 Å². The summed E-state index contributed by atoms with van der Waals surface area (Å²) in [5.41, 5.74) is 0. The number of hydrogen-bond donors (Lipinski definition) is 2. The highest BCUT2D eigenvalue weighted by atomic mass is 16.5. The molecule has 3 atom stereocenters. The Hall–Kier alpha value is -1.10. The van der Waals surface area contributed by atoms with Gasteiger partial charge in [-0.2, -0.15) is 0 Å². The molecule has 1 saturated carbocycles. The van der Waals surface area contributed by atoms with Crippen LogP contribution >= 0.6 is 0 Å². The van der Waals surface area contributed by atoms with Crippen molar-refractivity contribution in [2.75, 3.05) is 13.2 Å². The Balaban J connectivity index is 1.81. The average molecular weight is 255 g/mol. The lowest BCUT2D eigenvalue weighted by Gasteiger charge is -2.35. The van der Waals surface area contributed by atoms with E-state index in [2.05, 4.69) is 5.32 Å². The summed E-state index contributed by atoms with van der Waals surface area (Å²) < 4.78 is 5.29. The zero-order chi connectivity index (χ0) is 13.1. The third kappa shape index (κ3) is 2.83. The lowest BCUT2D eigenvalue weighted by atomic mass is 9.73. The summed E-state index contributed by atoms with van der Waals surface area (Å²) in [7, 11) is 0. The SMILES string of the molecule is CC(NC(=O)C1CCC1C(=O)O)C1CCOCC1. The third-order valence-corrected chi connectivity index (χ3v) is 4.27. The smallest absolute Gasteiger partial charge is 0.307 e. The van der Waals surface area contributed by atoms with Gasteiger partial charge in [0, 0.05) is 19.3 Å². The molecule has 0 spiro atoms. The standard InChI is InChI=1S/C13H21NO4/c1-8(9-4-6-18-7-5-9)14-12(15)10-2-3-11(10)13(16)17/h8-11H,2-7H2,1H3,(H,14,15)(H,16,17). The molecule has 1 saturated heterocycles. The van der Waals surface area contributed by atoms with Gasteiger partial charge in [0.2, 0.25) is 5.91 Å². The van der Waals surface area contributed by atoms with Gasteiger partial charge in [0.15, 0.2) is 0 Å². The first-order chi connectivity index (χ1) is 8.59. The van der Waals surface area contributed by atoms with E-state index >= 15 is 0 Å². The molecule has 2 fully saturated rings. The predicted octanol–water partition coefficient (Wildman–Crippen LogP) is 1.03. The summed E-state index contributed by atoms with van der Waals surface area (Å²) in [5.74, 6) is -1.30. The zero-order valence-corrected chi connectivity index (χ0v) is 10.7. The molecule has 2 aliphatic rings. The van der Waals surface area contributed by atoms with E-state index in [9.17, 15) is 9.59 Å². The molecule has 1 aliphatic carbocycles. The summed E-state index contributed by atoms with van der Waals surface area (Å²) in [6.07, 6.45) is 3.26. The van der Waals surface area contributed by atoms with E-state index in [1.807, 2.05) is 6.92 Å². The van der Waals surface area contributed by atoms with Crippen LogP contribution in [0, 0.1) is 17.8 Å². The molecule has 1 aliphatic heterocycles. The van der Waals surface area contributed by atoms with Gasteiger partial charge in [-0.25, -0.2) is 0 Å². The molecule has 3 unspecified atom stereocenters. The number of nitrogens with one attached hydrogen (secondary N) is 1. The minimum atomic E-state index is -0.847. The number of hydrogen-bond acceptors (Lipinski definition) is 3. The maximum atomic E-state index is 12.0. The summed E-state index contributed by atoms with van der Waals surface area (Å²) in [4.78, 5) is 22.9. The van der Waals surface area contributed by atoms with E-state index in [1.165, 1.54) is 0 Å². The molecule has 0 radical (unpaired) electrons. The van der Waals surface area contributed by atoms with Gasteiger partial charge in [-0.1, -0.05) is 0 Å². The second-order valence-corrected chi connectivity index (χ2v) is 5.38. The molecule has 0 aromatic heterocycles. The molecule has 0 aromatic carbocycles. The maximum Gasteiger partial charge on any atom is 0.307 e. The molecule has 2 rings (SSSR count). The Morgan fingerprint density at radius 3 is 2.28 bits per heavy atom. The number of aliphatic carboxylic acids is 1. The van der Waals surface area contributed by atoms with Gasteiger partial charge in [0.05, 0.1) is 11.8 Å². The van der Waals surface area contributed by atoms with Crippen molar-refractivity contribution in [1.29, 1.82) is 0 Å². The van der Waals surface area contributed by atoms with Crippen molar-refractivity contribution in [3.05, 3.63) is 0 Å². The summed E-state index contributed by atoms with van der Waals surface area (Å²) in [5, 5.41) is 11.9. The van der Waals surface area contributed by atoms with Crippen LogP contribution in [0.15, 0.2) is 0 Å². The predicted molar refractivity (Wildman–Crippen MR) is 65.0 cm³/mol. The van der Waals surface area contributed by atoms with E-state index in [-0.39, 0.29) is 17.9 Å². The first kappa shape index (κ1) is 13.3. The second-order valence-electron chi connectivity index (χ2n) is 5.38. The minimum Gasteiger partial charge on any atom is -0.481 e. The van der Waals surface area contributed by atoms with Gasteiger partial charge in [0.25, 0.3) is 0 Å². The van der Waals surface area contributed by atoms with Crippen molar-refractivity contribution < 1.29 is 19.4 Å². The van der Waals surface area contributed by atoms with Gasteiger partial charge in [0.1, 0.15) is 0 Å².